The van der Waals surface area contributed by atoms with Crippen LogP contribution in [0.1, 0.15) is 46.8 Å². The maximum atomic E-state index is 13.0. The fourth-order valence-corrected chi connectivity index (χ4v) is 4.50. The molecule has 30 heavy (non-hydrogen) atoms. The average Bonchev–Trinajstić information content (AvgIpc) is 2.79. The van der Waals surface area contributed by atoms with Gasteiger partial charge in [0.1, 0.15) is 0 Å². The van der Waals surface area contributed by atoms with Crippen molar-refractivity contribution in [3.8, 4) is 0 Å². The highest BCUT2D eigenvalue weighted by molar-refractivity contribution is 5.95. The van der Waals surface area contributed by atoms with Crippen molar-refractivity contribution in [2.75, 3.05) is 38.0 Å². The highest BCUT2D eigenvalue weighted by Gasteiger charge is 2.24. The molecule has 1 fully saturated rings. The van der Waals surface area contributed by atoms with Crippen molar-refractivity contribution in [2.24, 2.45) is 0 Å². The van der Waals surface area contributed by atoms with Crippen LogP contribution in [0.5, 0.6) is 0 Å². The van der Waals surface area contributed by atoms with E-state index < -0.39 is 0 Å². The number of amides is 2. The molecule has 2 amide bonds. The van der Waals surface area contributed by atoms with E-state index in [1.165, 1.54) is 24.0 Å². The lowest BCUT2D eigenvalue weighted by Gasteiger charge is -2.34. The summed E-state index contributed by atoms with van der Waals surface area (Å²) in [5, 5.41) is 3.04. The highest BCUT2D eigenvalue weighted by Crippen LogP contribution is 2.23. The molecule has 0 bridgehead atoms. The molecule has 1 heterocycles. The zero-order valence-electron chi connectivity index (χ0n) is 17.8. The second-order valence-corrected chi connectivity index (χ2v) is 8.32. The van der Waals surface area contributed by atoms with Gasteiger partial charge in [0, 0.05) is 37.4 Å². The number of benzene rings is 2. The number of nitrogens with zero attached hydrogens (tertiary/aromatic N) is 2. The largest absolute Gasteiger partial charge is 0.336 e. The Kier molecular flexibility index (Phi) is 6.48. The lowest BCUT2D eigenvalue weighted by Crippen LogP contribution is -2.50. The molecule has 158 valence electrons. The highest BCUT2D eigenvalue weighted by atomic mass is 16.2. The summed E-state index contributed by atoms with van der Waals surface area (Å²) in [5.41, 5.74) is 5.59. The van der Waals surface area contributed by atoms with Crippen LogP contribution >= 0.6 is 0 Å². The van der Waals surface area contributed by atoms with Crippen LogP contribution in [0.2, 0.25) is 0 Å². The third kappa shape index (κ3) is 4.73. The normalized spacial score (nSPS) is 16.8. The number of fused-ring (bicyclic) bond motifs is 1. The summed E-state index contributed by atoms with van der Waals surface area (Å²) in [6.45, 7) is 5.21. The first kappa shape index (κ1) is 20.6. The van der Waals surface area contributed by atoms with Gasteiger partial charge >= 0.3 is 0 Å². The summed E-state index contributed by atoms with van der Waals surface area (Å²) in [7, 11) is 0. The van der Waals surface area contributed by atoms with Crippen LogP contribution < -0.4 is 5.32 Å². The topological polar surface area (TPSA) is 52.7 Å². The second kappa shape index (κ2) is 9.43. The van der Waals surface area contributed by atoms with Crippen LogP contribution in [0, 0.1) is 0 Å². The van der Waals surface area contributed by atoms with Gasteiger partial charge in [0.15, 0.2) is 0 Å². The SMILES string of the molecule is CCc1ccccc1NC(=O)CN1CCN(C(=O)c2ccc3c(c2)CCCC3)CC1. The van der Waals surface area contributed by atoms with Gasteiger partial charge in [-0.1, -0.05) is 31.2 Å². The zero-order chi connectivity index (χ0) is 20.9. The van der Waals surface area contributed by atoms with Gasteiger partial charge in [0.2, 0.25) is 5.91 Å². The molecule has 1 saturated heterocycles. The van der Waals surface area contributed by atoms with Crippen molar-refractivity contribution >= 4 is 17.5 Å². The number of hydrogen-bond donors (Lipinski definition) is 1. The maximum absolute atomic E-state index is 13.0. The van der Waals surface area contributed by atoms with Crippen LogP contribution in [0.3, 0.4) is 0 Å². The summed E-state index contributed by atoms with van der Waals surface area (Å²) < 4.78 is 0. The van der Waals surface area contributed by atoms with Gasteiger partial charge in [-0.3, -0.25) is 14.5 Å². The van der Waals surface area contributed by atoms with Crippen LogP contribution in [-0.2, 0) is 24.1 Å². The molecule has 2 aliphatic rings. The predicted octanol–water partition coefficient (Wildman–Crippen LogP) is 3.52. The molecule has 0 unspecified atom stereocenters. The van der Waals surface area contributed by atoms with Crippen LogP contribution in [0.4, 0.5) is 5.69 Å². The number of hydrogen-bond acceptors (Lipinski definition) is 3. The van der Waals surface area contributed by atoms with E-state index in [0.717, 1.165) is 49.2 Å². The number of carbonyl (C=O) groups excluding carboxylic acids is 2. The van der Waals surface area contributed by atoms with E-state index in [-0.39, 0.29) is 11.8 Å². The summed E-state index contributed by atoms with van der Waals surface area (Å²) in [6.07, 6.45) is 5.57. The van der Waals surface area contributed by atoms with E-state index in [1.807, 2.05) is 35.2 Å². The van der Waals surface area contributed by atoms with Crippen LogP contribution in [0.25, 0.3) is 0 Å². The van der Waals surface area contributed by atoms with Crippen molar-refractivity contribution in [1.82, 2.24) is 9.80 Å². The van der Waals surface area contributed by atoms with Crippen molar-refractivity contribution in [2.45, 2.75) is 39.0 Å². The number of para-hydroxylation sites is 1. The summed E-state index contributed by atoms with van der Waals surface area (Å²) in [4.78, 5) is 29.5. The number of aryl methyl sites for hydroxylation is 3. The van der Waals surface area contributed by atoms with E-state index >= 15 is 0 Å². The molecule has 0 aromatic heterocycles. The quantitative estimate of drug-likeness (QED) is 0.828. The van der Waals surface area contributed by atoms with Crippen molar-refractivity contribution in [3.63, 3.8) is 0 Å². The Balaban J connectivity index is 1.29. The Morgan fingerprint density at radius 1 is 0.933 bits per heavy atom. The van der Waals surface area contributed by atoms with Gasteiger partial charge in [0.05, 0.1) is 6.54 Å². The fraction of sp³-hybridized carbons (Fsp3) is 0.440. The molecular weight excluding hydrogens is 374 g/mol. The average molecular weight is 406 g/mol. The Morgan fingerprint density at radius 3 is 2.43 bits per heavy atom. The molecular formula is C25H31N3O2. The minimum Gasteiger partial charge on any atom is -0.336 e. The van der Waals surface area contributed by atoms with E-state index in [9.17, 15) is 9.59 Å². The van der Waals surface area contributed by atoms with Crippen molar-refractivity contribution < 1.29 is 9.59 Å². The molecule has 1 N–H and O–H groups in total. The predicted molar refractivity (Wildman–Crippen MR) is 120 cm³/mol. The first-order valence-corrected chi connectivity index (χ1v) is 11.1. The molecule has 0 spiro atoms. The van der Waals surface area contributed by atoms with Gasteiger partial charge in [-0.15, -0.1) is 0 Å². The van der Waals surface area contributed by atoms with E-state index in [2.05, 4.69) is 29.3 Å². The number of anilines is 1. The molecule has 0 saturated carbocycles. The van der Waals surface area contributed by atoms with Gasteiger partial charge in [-0.25, -0.2) is 0 Å². The van der Waals surface area contributed by atoms with Crippen molar-refractivity contribution in [1.29, 1.82) is 0 Å². The lowest BCUT2D eigenvalue weighted by atomic mass is 9.90. The van der Waals surface area contributed by atoms with Crippen molar-refractivity contribution in [3.05, 3.63) is 64.7 Å². The van der Waals surface area contributed by atoms with Gasteiger partial charge < -0.3 is 10.2 Å². The molecule has 0 atom stereocenters. The minimum absolute atomic E-state index is 0.00497. The molecule has 1 aliphatic carbocycles. The van der Waals surface area contributed by atoms with Gasteiger partial charge in [0.25, 0.3) is 5.91 Å². The number of carbonyl (C=O) groups is 2. The zero-order valence-corrected chi connectivity index (χ0v) is 17.8. The summed E-state index contributed by atoms with van der Waals surface area (Å²) in [5.74, 6) is 0.120. The Morgan fingerprint density at radius 2 is 1.67 bits per heavy atom. The molecule has 5 heteroatoms. The first-order chi connectivity index (χ1) is 14.6. The lowest BCUT2D eigenvalue weighted by molar-refractivity contribution is -0.117. The molecule has 1 aliphatic heterocycles. The number of nitrogens with one attached hydrogen (secondary N) is 1. The van der Waals surface area contributed by atoms with E-state index in [0.29, 0.717) is 19.6 Å². The minimum atomic E-state index is 0.00497. The third-order valence-corrected chi connectivity index (χ3v) is 6.29. The maximum Gasteiger partial charge on any atom is 0.253 e. The standard InChI is InChI=1S/C25H31N3O2/c1-2-19-7-5-6-10-23(19)26-24(29)18-27-13-15-28(16-14-27)25(30)22-12-11-20-8-3-4-9-21(20)17-22/h5-7,10-12,17H,2-4,8-9,13-16,18H2,1H3,(H,26,29). The van der Waals surface area contributed by atoms with Gasteiger partial charge in [-0.05, 0) is 67.0 Å². The van der Waals surface area contributed by atoms with Crippen LogP contribution in [0.15, 0.2) is 42.5 Å². The van der Waals surface area contributed by atoms with E-state index in [4.69, 9.17) is 0 Å². The third-order valence-electron chi connectivity index (χ3n) is 6.29. The van der Waals surface area contributed by atoms with Crippen LogP contribution in [-0.4, -0.2) is 54.3 Å². The monoisotopic (exact) mass is 405 g/mol. The summed E-state index contributed by atoms with van der Waals surface area (Å²) >= 11 is 0. The second-order valence-electron chi connectivity index (χ2n) is 8.32. The molecule has 4 rings (SSSR count). The van der Waals surface area contributed by atoms with E-state index in [1.54, 1.807) is 0 Å². The molecule has 2 aromatic carbocycles. The molecule has 2 aromatic rings. The Labute approximate surface area is 179 Å². The fourth-order valence-electron chi connectivity index (χ4n) is 4.50. The number of piperazine rings is 1. The Hall–Kier alpha value is -2.66. The molecule has 0 radical (unpaired) electrons. The smallest absolute Gasteiger partial charge is 0.253 e. The Bertz CT molecular complexity index is 916. The summed E-state index contributed by atoms with van der Waals surface area (Å²) in [6, 6.07) is 14.1. The number of rotatable bonds is 5. The first-order valence-electron chi connectivity index (χ1n) is 11.1. The molecule has 5 nitrogen and oxygen atoms in total. The van der Waals surface area contributed by atoms with Gasteiger partial charge in [-0.2, -0.15) is 0 Å².